The zero-order valence-corrected chi connectivity index (χ0v) is 11.8. The Morgan fingerprint density at radius 2 is 1.95 bits per heavy atom. The zero-order valence-electron chi connectivity index (χ0n) is 11.8. The summed E-state index contributed by atoms with van der Waals surface area (Å²) >= 11 is 0. The minimum Gasteiger partial charge on any atom is -0.478 e. The largest absolute Gasteiger partial charge is 0.478 e. The molecule has 0 saturated carbocycles. The summed E-state index contributed by atoms with van der Waals surface area (Å²) in [4.78, 5) is 27.7. The van der Waals surface area contributed by atoms with E-state index in [1.165, 1.54) is 23.0 Å². The molecule has 0 fully saturated rings. The van der Waals surface area contributed by atoms with Crippen LogP contribution in [0.2, 0.25) is 0 Å². The predicted molar refractivity (Wildman–Crippen MR) is 81.3 cm³/mol. The molecule has 0 unspecified atom stereocenters. The standard InChI is InChI=1S/C16H13N3O3/c1-10-14(11-5-3-2-4-6-11)15(20)19(18-10)13-9-12(16(21)22)7-8-17-13/h2-9,18H,1H3,(H,21,22). The molecule has 1 aromatic carbocycles. The second kappa shape index (κ2) is 5.33. The molecule has 6 heteroatoms. The molecule has 0 aliphatic heterocycles. The summed E-state index contributed by atoms with van der Waals surface area (Å²) in [6.07, 6.45) is 1.36. The van der Waals surface area contributed by atoms with Gasteiger partial charge in [0.25, 0.3) is 5.56 Å². The van der Waals surface area contributed by atoms with Crippen LogP contribution in [0.1, 0.15) is 16.1 Å². The molecule has 2 N–H and O–H groups in total. The van der Waals surface area contributed by atoms with Gasteiger partial charge in [0.2, 0.25) is 0 Å². The van der Waals surface area contributed by atoms with Gasteiger partial charge in [-0.3, -0.25) is 9.89 Å². The molecule has 0 atom stereocenters. The van der Waals surface area contributed by atoms with E-state index < -0.39 is 5.97 Å². The number of rotatable bonds is 3. The summed E-state index contributed by atoms with van der Waals surface area (Å²) in [5, 5.41) is 12.0. The van der Waals surface area contributed by atoms with Crippen molar-refractivity contribution in [2.45, 2.75) is 6.92 Å². The Morgan fingerprint density at radius 1 is 1.23 bits per heavy atom. The van der Waals surface area contributed by atoms with Gasteiger partial charge in [-0.1, -0.05) is 30.3 Å². The van der Waals surface area contributed by atoms with E-state index in [0.29, 0.717) is 11.3 Å². The summed E-state index contributed by atoms with van der Waals surface area (Å²) < 4.78 is 1.25. The number of aromatic nitrogens is 3. The molecule has 6 nitrogen and oxygen atoms in total. The fourth-order valence-corrected chi connectivity index (χ4v) is 2.33. The van der Waals surface area contributed by atoms with Crippen molar-refractivity contribution in [2.24, 2.45) is 0 Å². The predicted octanol–water partition coefficient (Wildman–Crippen LogP) is 2.23. The zero-order chi connectivity index (χ0) is 15.7. The first kappa shape index (κ1) is 13.8. The normalized spacial score (nSPS) is 10.6. The lowest BCUT2D eigenvalue weighted by Crippen LogP contribution is -2.17. The lowest BCUT2D eigenvalue weighted by Gasteiger charge is -2.01. The minimum absolute atomic E-state index is 0.0745. The van der Waals surface area contributed by atoms with Crippen LogP contribution in [0.15, 0.2) is 53.5 Å². The van der Waals surface area contributed by atoms with Crippen molar-refractivity contribution in [3.8, 4) is 16.9 Å². The smallest absolute Gasteiger partial charge is 0.335 e. The molecule has 0 radical (unpaired) electrons. The quantitative estimate of drug-likeness (QED) is 0.775. The first-order chi connectivity index (χ1) is 10.6. The number of benzene rings is 1. The molecule has 0 aliphatic rings. The van der Waals surface area contributed by atoms with E-state index in [2.05, 4.69) is 10.1 Å². The molecule has 3 rings (SSSR count). The van der Waals surface area contributed by atoms with Gasteiger partial charge in [-0.15, -0.1) is 0 Å². The molecule has 3 aromatic rings. The summed E-state index contributed by atoms with van der Waals surface area (Å²) in [5.74, 6) is -0.821. The van der Waals surface area contributed by atoms with Gasteiger partial charge < -0.3 is 5.11 Å². The van der Waals surface area contributed by atoms with E-state index >= 15 is 0 Å². The number of carboxylic acids is 1. The monoisotopic (exact) mass is 295 g/mol. The highest BCUT2D eigenvalue weighted by Crippen LogP contribution is 2.19. The molecule has 110 valence electrons. The molecule has 0 aliphatic carbocycles. The van der Waals surface area contributed by atoms with Crippen LogP contribution < -0.4 is 5.56 Å². The molecular formula is C16H13N3O3. The Labute approximate surface area is 125 Å². The van der Waals surface area contributed by atoms with Crippen molar-refractivity contribution in [3.63, 3.8) is 0 Å². The average molecular weight is 295 g/mol. The van der Waals surface area contributed by atoms with Crippen molar-refractivity contribution < 1.29 is 9.90 Å². The van der Waals surface area contributed by atoms with Crippen LogP contribution in [0.5, 0.6) is 0 Å². The number of aromatic amines is 1. The topological polar surface area (TPSA) is 88.0 Å². The average Bonchev–Trinajstić information content (AvgIpc) is 2.83. The Bertz CT molecular complexity index is 894. The Hall–Kier alpha value is -3.15. The maximum absolute atomic E-state index is 12.6. The van der Waals surface area contributed by atoms with Crippen LogP contribution in [0.3, 0.4) is 0 Å². The van der Waals surface area contributed by atoms with Gasteiger partial charge in [0.15, 0.2) is 5.82 Å². The van der Waals surface area contributed by atoms with Crippen LogP contribution in [0.4, 0.5) is 0 Å². The van der Waals surface area contributed by atoms with E-state index in [4.69, 9.17) is 5.11 Å². The fraction of sp³-hybridized carbons (Fsp3) is 0.0625. The van der Waals surface area contributed by atoms with E-state index in [1.54, 1.807) is 6.92 Å². The minimum atomic E-state index is -1.07. The molecular weight excluding hydrogens is 282 g/mol. The van der Waals surface area contributed by atoms with Crippen molar-refractivity contribution in [1.29, 1.82) is 0 Å². The second-order valence-corrected chi connectivity index (χ2v) is 4.83. The molecule has 2 heterocycles. The van der Waals surface area contributed by atoms with Crippen molar-refractivity contribution in [1.82, 2.24) is 14.8 Å². The van der Waals surface area contributed by atoms with Gasteiger partial charge in [-0.25, -0.2) is 14.5 Å². The summed E-state index contributed by atoms with van der Waals surface area (Å²) in [6, 6.07) is 12.0. The molecule has 22 heavy (non-hydrogen) atoms. The van der Waals surface area contributed by atoms with Crippen molar-refractivity contribution in [2.75, 3.05) is 0 Å². The third kappa shape index (κ3) is 2.31. The number of carbonyl (C=O) groups is 1. The Morgan fingerprint density at radius 3 is 2.64 bits per heavy atom. The van der Waals surface area contributed by atoms with Crippen LogP contribution in [-0.4, -0.2) is 25.8 Å². The number of hydrogen-bond donors (Lipinski definition) is 2. The highest BCUT2D eigenvalue weighted by atomic mass is 16.4. The third-order valence-corrected chi connectivity index (χ3v) is 3.36. The summed E-state index contributed by atoms with van der Waals surface area (Å²) in [6.45, 7) is 1.79. The van der Waals surface area contributed by atoms with Crippen LogP contribution in [0, 0.1) is 6.92 Å². The highest BCUT2D eigenvalue weighted by molar-refractivity contribution is 5.87. The number of hydrogen-bond acceptors (Lipinski definition) is 3. The summed E-state index contributed by atoms with van der Waals surface area (Å²) in [5.41, 5.74) is 1.85. The number of carboxylic acid groups (broad SMARTS) is 1. The number of aryl methyl sites for hydroxylation is 1. The van der Waals surface area contributed by atoms with Crippen molar-refractivity contribution in [3.05, 3.63) is 70.3 Å². The Kier molecular flexibility index (Phi) is 3.34. The fourth-order valence-electron chi connectivity index (χ4n) is 2.33. The van der Waals surface area contributed by atoms with Gasteiger partial charge >= 0.3 is 5.97 Å². The summed E-state index contributed by atoms with van der Waals surface area (Å²) in [7, 11) is 0. The van der Waals surface area contributed by atoms with Gasteiger partial charge in [0.05, 0.1) is 11.1 Å². The number of H-pyrrole nitrogens is 1. The van der Waals surface area contributed by atoms with Gasteiger partial charge in [0.1, 0.15) is 0 Å². The maximum Gasteiger partial charge on any atom is 0.335 e. The molecule has 0 saturated heterocycles. The number of aromatic carboxylic acids is 1. The molecule has 2 aromatic heterocycles. The second-order valence-electron chi connectivity index (χ2n) is 4.83. The van der Waals surface area contributed by atoms with E-state index in [1.807, 2.05) is 30.3 Å². The molecule has 0 spiro atoms. The number of nitrogens with one attached hydrogen (secondary N) is 1. The van der Waals surface area contributed by atoms with Crippen molar-refractivity contribution >= 4 is 5.97 Å². The van der Waals surface area contributed by atoms with Crippen LogP contribution >= 0.6 is 0 Å². The van der Waals surface area contributed by atoms with Gasteiger partial charge in [-0.05, 0) is 24.6 Å². The van der Waals surface area contributed by atoms with E-state index in [0.717, 1.165) is 5.56 Å². The first-order valence-corrected chi connectivity index (χ1v) is 6.64. The van der Waals surface area contributed by atoms with E-state index in [9.17, 15) is 9.59 Å². The number of pyridine rings is 1. The number of nitrogens with zero attached hydrogens (tertiary/aromatic N) is 2. The lowest BCUT2D eigenvalue weighted by atomic mass is 10.1. The SMILES string of the molecule is Cc1[nH]n(-c2cc(C(=O)O)ccn2)c(=O)c1-c1ccccc1. The lowest BCUT2D eigenvalue weighted by molar-refractivity contribution is 0.0696. The van der Waals surface area contributed by atoms with Crippen LogP contribution in [-0.2, 0) is 0 Å². The molecule has 0 bridgehead atoms. The van der Waals surface area contributed by atoms with Crippen LogP contribution in [0.25, 0.3) is 16.9 Å². The first-order valence-electron chi connectivity index (χ1n) is 6.64. The molecule has 0 amide bonds. The van der Waals surface area contributed by atoms with Gasteiger partial charge in [-0.2, -0.15) is 0 Å². The van der Waals surface area contributed by atoms with E-state index in [-0.39, 0.29) is 16.9 Å². The maximum atomic E-state index is 12.6. The third-order valence-electron chi connectivity index (χ3n) is 3.36. The van der Waals surface area contributed by atoms with Gasteiger partial charge in [0, 0.05) is 11.9 Å². The highest BCUT2D eigenvalue weighted by Gasteiger charge is 2.15. The Balaban J connectivity index is 2.17.